The lowest BCUT2D eigenvalue weighted by Gasteiger charge is -2.17. The van der Waals surface area contributed by atoms with E-state index in [0.717, 1.165) is 17.7 Å². The number of halogens is 2. The third kappa shape index (κ3) is 3.12. The van der Waals surface area contributed by atoms with Gasteiger partial charge in [0.1, 0.15) is 5.82 Å². The van der Waals surface area contributed by atoms with Crippen LogP contribution in [-0.2, 0) is 17.6 Å². The second-order valence-electron chi connectivity index (χ2n) is 7.23. The molecular weight excluding hydrogens is 401 g/mol. The fraction of sp³-hybridized carbons (Fsp3) is 0.350. The first kappa shape index (κ1) is 17.8. The molecule has 1 fully saturated rings. The molecule has 1 unspecified atom stereocenters. The summed E-state index contributed by atoms with van der Waals surface area (Å²) in [5, 5.41) is 4.49. The molecule has 2 aromatic heterocycles. The van der Waals surface area contributed by atoms with E-state index in [0.29, 0.717) is 23.3 Å². The molecule has 0 saturated carbocycles. The van der Waals surface area contributed by atoms with Crippen molar-refractivity contribution in [2.75, 3.05) is 11.4 Å². The number of anilines is 1. The molecule has 8 heteroatoms. The van der Waals surface area contributed by atoms with Crippen LogP contribution in [0.1, 0.15) is 41.4 Å². The predicted octanol–water partition coefficient (Wildman–Crippen LogP) is 4.99. The smallest absolute Gasteiger partial charge is 0.268 e. The Labute approximate surface area is 170 Å². The van der Waals surface area contributed by atoms with Gasteiger partial charge in [-0.05, 0) is 55.5 Å². The quantitative estimate of drug-likeness (QED) is 0.602. The number of aromatic nitrogens is 2. The molecule has 1 atom stereocenters. The summed E-state index contributed by atoms with van der Waals surface area (Å²) in [4.78, 5) is 20.8. The molecule has 0 bridgehead atoms. The van der Waals surface area contributed by atoms with Crippen molar-refractivity contribution in [3.05, 3.63) is 51.4 Å². The number of nitrogens with zero attached hydrogens (tertiary/aromatic N) is 3. The van der Waals surface area contributed by atoms with Gasteiger partial charge in [0.25, 0.3) is 5.89 Å². The van der Waals surface area contributed by atoms with Crippen molar-refractivity contribution >= 4 is 34.5 Å². The first-order valence-corrected chi connectivity index (χ1v) is 10.5. The van der Waals surface area contributed by atoms with Gasteiger partial charge in [-0.1, -0.05) is 16.8 Å². The molecule has 2 aliphatic rings. The highest BCUT2D eigenvalue weighted by molar-refractivity contribution is 7.15. The molecule has 1 aliphatic heterocycles. The van der Waals surface area contributed by atoms with E-state index in [1.54, 1.807) is 11.3 Å². The molecule has 0 spiro atoms. The first-order valence-electron chi connectivity index (χ1n) is 9.29. The van der Waals surface area contributed by atoms with Gasteiger partial charge < -0.3 is 9.42 Å². The Bertz CT molecular complexity index is 1040. The number of aryl methyl sites for hydroxylation is 2. The van der Waals surface area contributed by atoms with E-state index in [-0.39, 0.29) is 23.9 Å². The average molecular weight is 418 g/mol. The number of carbonyl (C=O) groups excluding carboxylic acids is 1. The number of carbonyl (C=O) groups is 1. The van der Waals surface area contributed by atoms with Gasteiger partial charge in [-0.25, -0.2) is 4.39 Å². The Kier molecular flexibility index (Phi) is 4.44. The van der Waals surface area contributed by atoms with Crippen molar-refractivity contribution < 1.29 is 13.7 Å². The van der Waals surface area contributed by atoms with E-state index in [4.69, 9.17) is 16.1 Å². The van der Waals surface area contributed by atoms with Crippen molar-refractivity contribution in [1.29, 1.82) is 0 Å². The summed E-state index contributed by atoms with van der Waals surface area (Å²) in [5.74, 6) is 0.0901. The van der Waals surface area contributed by atoms with E-state index in [1.807, 2.05) is 0 Å². The van der Waals surface area contributed by atoms with E-state index < -0.39 is 5.82 Å². The van der Waals surface area contributed by atoms with Crippen molar-refractivity contribution in [1.82, 2.24) is 10.1 Å². The lowest BCUT2D eigenvalue weighted by molar-refractivity contribution is -0.117. The highest BCUT2D eigenvalue weighted by Crippen LogP contribution is 2.37. The Hall–Kier alpha value is -2.25. The van der Waals surface area contributed by atoms with E-state index in [2.05, 4.69) is 16.2 Å². The van der Waals surface area contributed by atoms with Gasteiger partial charge in [-0.2, -0.15) is 4.98 Å². The van der Waals surface area contributed by atoms with Gasteiger partial charge >= 0.3 is 0 Å². The zero-order chi connectivity index (χ0) is 19.3. The van der Waals surface area contributed by atoms with Crippen LogP contribution in [-0.4, -0.2) is 22.6 Å². The van der Waals surface area contributed by atoms with Gasteiger partial charge in [0.05, 0.1) is 10.6 Å². The van der Waals surface area contributed by atoms with Crippen molar-refractivity contribution in [3.63, 3.8) is 0 Å². The highest BCUT2D eigenvalue weighted by atomic mass is 35.5. The molecule has 28 heavy (non-hydrogen) atoms. The maximum Gasteiger partial charge on any atom is 0.268 e. The number of hydrogen-bond acceptors (Lipinski definition) is 5. The number of fused-ring (bicyclic) bond motifs is 1. The number of thiophene rings is 1. The van der Waals surface area contributed by atoms with Gasteiger partial charge in [0, 0.05) is 28.8 Å². The van der Waals surface area contributed by atoms with Gasteiger partial charge in [-0.3, -0.25) is 4.79 Å². The number of hydrogen-bond donors (Lipinski definition) is 0. The van der Waals surface area contributed by atoms with Crippen molar-refractivity contribution in [2.45, 2.75) is 38.0 Å². The predicted molar refractivity (Wildman–Crippen MR) is 105 cm³/mol. The van der Waals surface area contributed by atoms with Crippen LogP contribution < -0.4 is 4.90 Å². The van der Waals surface area contributed by atoms with Crippen LogP contribution in [0.25, 0.3) is 10.8 Å². The fourth-order valence-corrected chi connectivity index (χ4v) is 5.24. The summed E-state index contributed by atoms with van der Waals surface area (Å²) >= 11 is 7.68. The molecule has 3 heterocycles. The molecule has 1 aliphatic carbocycles. The average Bonchev–Trinajstić information content (AvgIpc) is 3.40. The lowest BCUT2D eigenvalue weighted by Crippen LogP contribution is -2.25. The van der Waals surface area contributed by atoms with Crippen LogP contribution in [0.3, 0.4) is 0 Å². The largest absolute Gasteiger partial charge is 0.333 e. The molecule has 144 valence electrons. The molecule has 0 N–H and O–H groups in total. The Morgan fingerprint density at radius 3 is 2.96 bits per heavy atom. The molecule has 1 aromatic carbocycles. The zero-order valence-corrected chi connectivity index (χ0v) is 16.5. The fourth-order valence-electron chi connectivity index (χ4n) is 3.90. The van der Waals surface area contributed by atoms with Crippen LogP contribution in [0.5, 0.6) is 0 Å². The summed E-state index contributed by atoms with van der Waals surface area (Å²) in [6, 6.07) is 6.34. The van der Waals surface area contributed by atoms with Crippen LogP contribution in [0, 0.1) is 5.82 Å². The zero-order valence-electron chi connectivity index (χ0n) is 15.0. The maximum atomic E-state index is 14.2. The topological polar surface area (TPSA) is 59.2 Å². The number of amides is 1. The third-order valence-electron chi connectivity index (χ3n) is 5.34. The minimum atomic E-state index is -0.476. The van der Waals surface area contributed by atoms with E-state index in [9.17, 15) is 9.18 Å². The van der Waals surface area contributed by atoms with Crippen LogP contribution >= 0.6 is 22.9 Å². The highest BCUT2D eigenvalue weighted by Gasteiger charge is 2.36. The van der Waals surface area contributed by atoms with Crippen LogP contribution in [0.2, 0.25) is 5.02 Å². The van der Waals surface area contributed by atoms with Gasteiger partial charge in [0.2, 0.25) is 5.91 Å². The molecule has 1 saturated heterocycles. The maximum absolute atomic E-state index is 14.2. The van der Waals surface area contributed by atoms with Crippen molar-refractivity contribution in [2.24, 2.45) is 0 Å². The summed E-state index contributed by atoms with van der Waals surface area (Å²) < 4.78 is 19.6. The second-order valence-corrected chi connectivity index (χ2v) is 8.80. The van der Waals surface area contributed by atoms with Crippen molar-refractivity contribution in [3.8, 4) is 10.8 Å². The van der Waals surface area contributed by atoms with E-state index in [1.165, 1.54) is 46.4 Å². The molecule has 1 amide bonds. The Balaban J connectivity index is 1.38. The Morgan fingerprint density at radius 2 is 2.11 bits per heavy atom. The molecule has 3 aromatic rings. The van der Waals surface area contributed by atoms with Gasteiger partial charge in [0.15, 0.2) is 5.82 Å². The summed E-state index contributed by atoms with van der Waals surface area (Å²) in [6.07, 6.45) is 4.87. The second kappa shape index (κ2) is 6.97. The summed E-state index contributed by atoms with van der Waals surface area (Å²) in [7, 11) is 0. The Morgan fingerprint density at radius 1 is 1.25 bits per heavy atom. The van der Waals surface area contributed by atoms with E-state index >= 15 is 0 Å². The summed E-state index contributed by atoms with van der Waals surface area (Å²) in [6.45, 7) is 0.302. The standard InChI is InChI=1S/C20H17ClFN3O2S/c21-13-5-6-14(22)15(9-13)25-10-12(8-18(25)26)19-23-20(27-24-19)17-7-11-3-1-2-4-16(11)28-17/h5-7,9,12H,1-4,8,10H2. The molecule has 5 rings (SSSR count). The minimum absolute atomic E-state index is 0.177. The normalized spacial score (nSPS) is 19.3. The number of rotatable bonds is 3. The van der Waals surface area contributed by atoms with Crippen LogP contribution in [0.4, 0.5) is 10.1 Å². The molecule has 0 radical (unpaired) electrons. The lowest BCUT2D eigenvalue weighted by atomic mass is 9.99. The first-order chi connectivity index (χ1) is 13.6. The third-order valence-corrected chi connectivity index (χ3v) is 6.80. The van der Waals surface area contributed by atoms with Gasteiger partial charge in [-0.15, -0.1) is 11.3 Å². The summed E-state index contributed by atoms with van der Waals surface area (Å²) in [5.41, 5.74) is 1.57. The number of benzene rings is 1. The molecule has 5 nitrogen and oxygen atoms in total. The molecular formula is C20H17ClFN3O2S. The monoisotopic (exact) mass is 417 g/mol. The minimum Gasteiger partial charge on any atom is -0.333 e. The van der Waals surface area contributed by atoms with Crippen LogP contribution in [0.15, 0.2) is 28.8 Å². The SMILES string of the molecule is O=C1CC(c2noc(-c3cc4c(s3)CCCC4)n2)CN1c1cc(Cl)ccc1F.